The van der Waals surface area contributed by atoms with E-state index >= 15 is 0 Å². The lowest BCUT2D eigenvalue weighted by Crippen LogP contribution is -2.17. The highest BCUT2D eigenvalue weighted by Crippen LogP contribution is 2.29. The van der Waals surface area contributed by atoms with E-state index in [2.05, 4.69) is 0 Å². The average Bonchev–Trinajstić information content (AvgIpc) is 2.93. The minimum Gasteiger partial charge on any atom is -0.494 e. The lowest BCUT2D eigenvalue weighted by molar-refractivity contribution is 0.0977. The van der Waals surface area contributed by atoms with Gasteiger partial charge in [0, 0.05) is 0 Å². The number of aliphatic hydroxyl groups excluding tert-OH is 1. The molecule has 1 aromatic rings. The van der Waals surface area contributed by atoms with Crippen molar-refractivity contribution >= 4 is 0 Å². The summed E-state index contributed by atoms with van der Waals surface area (Å²) < 4.78 is 5.63. The minimum absolute atomic E-state index is 0.0794. The maximum Gasteiger partial charge on any atom is 0.119 e. The summed E-state index contributed by atoms with van der Waals surface area (Å²) in [6.07, 6.45) is 8.00. The van der Waals surface area contributed by atoms with Gasteiger partial charge in [0.05, 0.1) is 12.7 Å². The second-order valence-corrected chi connectivity index (χ2v) is 5.27. The molecule has 0 saturated heterocycles. The van der Waals surface area contributed by atoms with Crippen molar-refractivity contribution in [3.8, 4) is 5.75 Å². The van der Waals surface area contributed by atoms with Gasteiger partial charge in [0.25, 0.3) is 0 Å². The molecule has 0 radical (unpaired) electrons. The van der Waals surface area contributed by atoms with Crippen LogP contribution < -0.4 is 4.74 Å². The van der Waals surface area contributed by atoms with Gasteiger partial charge in [-0.25, -0.2) is 0 Å². The van der Waals surface area contributed by atoms with E-state index in [1.807, 2.05) is 30.3 Å². The van der Waals surface area contributed by atoms with Crippen molar-refractivity contribution < 1.29 is 9.84 Å². The van der Waals surface area contributed by atoms with E-state index in [-0.39, 0.29) is 6.10 Å². The van der Waals surface area contributed by atoms with E-state index in [1.54, 1.807) is 0 Å². The van der Waals surface area contributed by atoms with E-state index in [1.165, 1.54) is 25.7 Å². The van der Waals surface area contributed by atoms with Crippen molar-refractivity contribution in [3.05, 3.63) is 30.3 Å². The Balaban J connectivity index is 1.53. The molecule has 1 atom stereocenters. The van der Waals surface area contributed by atoms with Crippen LogP contribution in [0, 0.1) is 5.92 Å². The maximum atomic E-state index is 10.0. The van der Waals surface area contributed by atoms with Crippen molar-refractivity contribution in [2.24, 2.45) is 5.92 Å². The number of ether oxygens (including phenoxy) is 1. The van der Waals surface area contributed by atoms with Gasteiger partial charge in [-0.15, -0.1) is 0 Å². The van der Waals surface area contributed by atoms with E-state index < -0.39 is 0 Å². The van der Waals surface area contributed by atoms with E-state index in [0.29, 0.717) is 5.92 Å². The van der Waals surface area contributed by atoms with Gasteiger partial charge < -0.3 is 9.84 Å². The zero-order valence-corrected chi connectivity index (χ0v) is 11.1. The number of hydrogen-bond donors (Lipinski definition) is 1. The Bertz CT molecular complexity index is 317. The molecule has 1 saturated carbocycles. The number of rotatable bonds is 7. The third-order valence-corrected chi connectivity index (χ3v) is 3.85. The molecule has 0 spiro atoms. The molecule has 0 amide bonds. The Morgan fingerprint density at radius 2 is 1.83 bits per heavy atom. The second kappa shape index (κ2) is 7.42. The molecule has 0 bridgehead atoms. The highest BCUT2D eigenvalue weighted by atomic mass is 16.5. The zero-order chi connectivity index (χ0) is 12.6. The Morgan fingerprint density at radius 3 is 2.56 bits per heavy atom. The van der Waals surface area contributed by atoms with Gasteiger partial charge in [0.15, 0.2) is 0 Å². The SMILES string of the molecule is OC(CCCCOc1ccccc1)C1CCCC1. The monoisotopic (exact) mass is 248 g/mol. The fourth-order valence-corrected chi connectivity index (χ4v) is 2.74. The van der Waals surface area contributed by atoms with Crippen molar-refractivity contribution in [2.75, 3.05) is 6.61 Å². The molecule has 2 nitrogen and oxygen atoms in total. The Hall–Kier alpha value is -1.02. The van der Waals surface area contributed by atoms with E-state index in [4.69, 9.17) is 4.74 Å². The van der Waals surface area contributed by atoms with E-state index in [9.17, 15) is 5.11 Å². The first-order chi connectivity index (χ1) is 8.86. The first-order valence-corrected chi connectivity index (χ1v) is 7.22. The molecule has 2 rings (SSSR count). The molecule has 1 fully saturated rings. The normalized spacial score (nSPS) is 17.8. The first kappa shape index (κ1) is 13.4. The largest absolute Gasteiger partial charge is 0.494 e. The number of unbranched alkanes of at least 4 members (excludes halogenated alkanes) is 1. The van der Waals surface area contributed by atoms with Gasteiger partial charge in [0.1, 0.15) is 5.75 Å². The molecule has 1 aliphatic carbocycles. The molecule has 0 aromatic heterocycles. The number of para-hydroxylation sites is 1. The molecule has 1 aliphatic rings. The van der Waals surface area contributed by atoms with Crippen LogP contribution in [0.15, 0.2) is 30.3 Å². The van der Waals surface area contributed by atoms with Gasteiger partial charge in [-0.05, 0) is 50.2 Å². The third-order valence-electron chi connectivity index (χ3n) is 3.85. The number of hydrogen-bond acceptors (Lipinski definition) is 2. The average molecular weight is 248 g/mol. The van der Waals surface area contributed by atoms with Crippen molar-refractivity contribution in [2.45, 2.75) is 51.0 Å². The van der Waals surface area contributed by atoms with Crippen LogP contribution in [0.3, 0.4) is 0 Å². The summed E-state index contributed by atoms with van der Waals surface area (Å²) in [4.78, 5) is 0. The summed E-state index contributed by atoms with van der Waals surface area (Å²) >= 11 is 0. The second-order valence-electron chi connectivity index (χ2n) is 5.27. The smallest absolute Gasteiger partial charge is 0.119 e. The minimum atomic E-state index is -0.0794. The molecule has 18 heavy (non-hydrogen) atoms. The summed E-state index contributed by atoms with van der Waals surface area (Å²) in [5, 5.41) is 10.0. The Kier molecular flexibility index (Phi) is 5.53. The van der Waals surface area contributed by atoms with Gasteiger partial charge >= 0.3 is 0 Å². The van der Waals surface area contributed by atoms with Crippen LogP contribution in [0.1, 0.15) is 44.9 Å². The van der Waals surface area contributed by atoms with Gasteiger partial charge in [-0.2, -0.15) is 0 Å². The fourth-order valence-electron chi connectivity index (χ4n) is 2.74. The molecular weight excluding hydrogens is 224 g/mol. The van der Waals surface area contributed by atoms with Gasteiger partial charge in [0.2, 0.25) is 0 Å². The lowest BCUT2D eigenvalue weighted by atomic mass is 9.96. The van der Waals surface area contributed by atoms with Crippen LogP contribution in [0.4, 0.5) is 0 Å². The zero-order valence-electron chi connectivity index (χ0n) is 11.1. The van der Waals surface area contributed by atoms with Crippen LogP contribution in [0.5, 0.6) is 5.75 Å². The molecule has 1 unspecified atom stereocenters. The highest BCUT2D eigenvalue weighted by Gasteiger charge is 2.22. The summed E-state index contributed by atoms with van der Waals surface area (Å²) in [5.41, 5.74) is 0. The molecule has 100 valence electrons. The van der Waals surface area contributed by atoms with Crippen LogP contribution in [0.2, 0.25) is 0 Å². The predicted octanol–water partition coefficient (Wildman–Crippen LogP) is 3.79. The van der Waals surface area contributed by atoms with Crippen LogP contribution in [0.25, 0.3) is 0 Å². The van der Waals surface area contributed by atoms with E-state index in [0.717, 1.165) is 31.6 Å². The molecule has 0 aliphatic heterocycles. The number of benzene rings is 1. The van der Waals surface area contributed by atoms with Crippen molar-refractivity contribution in [3.63, 3.8) is 0 Å². The van der Waals surface area contributed by atoms with Crippen molar-refractivity contribution in [1.82, 2.24) is 0 Å². The summed E-state index contributed by atoms with van der Waals surface area (Å²) in [7, 11) is 0. The van der Waals surface area contributed by atoms with Crippen LogP contribution in [-0.2, 0) is 0 Å². The number of aliphatic hydroxyl groups is 1. The molecule has 2 heteroatoms. The Labute approximate surface area is 110 Å². The highest BCUT2D eigenvalue weighted by molar-refractivity contribution is 5.20. The third kappa shape index (κ3) is 4.34. The molecule has 1 N–H and O–H groups in total. The van der Waals surface area contributed by atoms with Crippen molar-refractivity contribution in [1.29, 1.82) is 0 Å². The fraction of sp³-hybridized carbons (Fsp3) is 0.625. The quantitative estimate of drug-likeness (QED) is 0.744. The first-order valence-electron chi connectivity index (χ1n) is 7.22. The van der Waals surface area contributed by atoms with Crippen LogP contribution >= 0.6 is 0 Å². The van der Waals surface area contributed by atoms with Crippen LogP contribution in [-0.4, -0.2) is 17.8 Å². The molecule has 1 aromatic carbocycles. The van der Waals surface area contributed by atoms with Gasteiger partial charge in [-0.1, -0.05) is 31.0 Å². The Morgan fingerprint density at radius 1 is 1.11 bits per heavy atom. The predicted molar refractivity (Wildman–Crippen MR) is 73.8 cm³/mol. The standard InChI is InChI=1S/C16H24O2/c17-16(14-8-4-5-9-14)12-6-7-13-18-15-10-2-1-3-11-15/h1-3,10-11,14,16-17H,4-9,12-13H2. The lowest BCUT2D eigenvalue weighted by Gasteiger charge is -2.17. The topological polar surface area (TPSA) is 29.5 Å². The summed E-state index contributed by atoms with van der Waals surface area (Å²) in [6.45, 7) is 0.751. The molecule has 0 heterocycles. The summed E-state index contributed by atoms with van der Waals surface area (Å²) in [5.74, 6) is 1.51. The molecular formula is C16H24O2. The summed E-state index contributed by atoms with van der Waals surface area (Å²) in [6, 6.07) is 9.92. The maximum absolute atomic E-state index is 10.0. The van der Waals surface area contributed by atoms with Gasteiger partial charge in [-0.3, -0.25) is 0 Å².